The van der Waals surface area contributed by atoms with E-state index in [2.05, 4.69) is 15.0 Å². The third-order valence-electron chi connectivity index (χ3n) is 3.35. The van der Waals surface area contributed by atoms with Crippen molar-refractivity contribution >= 4 is 22.9 Å². The zero-order valence-corrected chi connectivity index (χ0v) is 10.4. The molecule has 1 saturated heterocycles. The predicted octanol–water partition coefficient (Wildman–Crippen LogP) is -2.43. The van der Waals surface area contributed by atoms with Gasteiger partial charge in [0.05, 0.1) is 19.0 Å². The summed E-state index contributed by atoms with van der Waals surface area (Å²) in [6.07, 6.45) is -1.08. The molecule has 1 aliphatic rings. The lowest BCUT2D eigenvalue weighted by Crippen LogP contribution is -2.41. The molecule has 10 heteroatoms. The van der Waals surface area contributed by atoms with E-state index < -0.39 is 24.5 Å². The monoisotopic (exact) mass is 281 g/mol. The zero-order chi connectivity index (χ0) is 14.4. The van der Waals surface area contributed by atoms with Gasteiger partial charge in [0, 0.05) is 0 Å². The minimum absolute atomic E-state index is 0.00718. The number of hydrogen-bond donors (Lipinski definition) is 5. The van der Waals surface area contributed by atoms with E-state index in [9.17, 15) is 5.11 Å². The number of rotatable bonds is 2. The average molecular weight is 281 g/mol. The van der Waals surface area contributed by atoms with E-state index in [4.69, 9.17) is 27.0 Å². The SMILES string of the molecule is Nc1nc(N)c2ncn([C@@H]3O[C@H](CO)[C@@H](N)[C@H]3O)c2n1. The fraction of sp³-hybridized carbons (Fsp3) is 0.500. The molecule has 3 heterocycles. The molecule has 0 spiro atoms. The number of nitrogen functional groups attached to an aromatic ring is 2. The standard InChI is InChI=1S/C10H15N7O3/c11-4-3(1-18)20-9(6(4)19)17-2-14-5-7(12)15-10(13)16-8(5)17/h2-4,6,9,18-19H,1,11H2,(H4,12,13,15,16)/t3-,4-,6-,9-/m1/s1. The van der Waals surface area contributed by atoms with Crippen molar-refractivity contribution in [1.82, 2.24) is 19.5 Å². The molecule has 0 saturated carbocycles. The van der Waals surface area contributed by atoms with Crippen LogP contribution in [0.1, 0.15) is 6.23 Å². The van der Waals surface area contributed by atoms with E-state index in [1.807, 2.05) is 0 Å². The van der Waals surface area contributed by atoms with Crippen molar-refractivity contribution in [2.45, 2.75) is 24.5 Å². The van der Waals surface area contributed by atoms with Gasteiger partial charge in [-0.25, -0.2) is 4.98 Å². The molecule has 0 aliphatic carbocycles. The first kappa shape index (κ1) is 13.0. The summed E-state index contributed by atoms with van der Waals surface area (Å²) in [7, 11) is 0. The highest BCUT2D eigenvalue weighted by Gasteiger charge is 2.42. The van der Waals surface area contributed by atoms with E-state index in [1.165, 1.54) is 10.9 Å². The third-order valence-corrected chi connectivity index (χ3v) is 3.35. The second-order valence-corrected chi connectivity index (χ2v) is 4.61. The topological polar surface area (TPSA) is 171 Å². The zero-order valence-electron chi connectivity index (χ0n) is 10.4. The summed E-state index contributed by atoms with van der Waals surface area (Å²) < 4.78 is 7.00. The largest absolute Gasteiger partial charge is 0.394 e. The van der Waals surface area contributed by atoms with Crippen LogP contribution in [0.25, 0.3) is 11.2 Å². The fourth-order valence-corrected chi connectivity index (χ4v) is 2.30. The van der Waals surface area contributed by atoms with Crippen LogP contribution in [-0.4, -0.2) is 54.6 Å². The molecular formula is C10H15N7O3. The molecule has 1 aliphatic heterocycles. The molecule has 0 radical (unpaired) electrons. The minimum atomic E-state index is -1.01. The Labute approximate surface area is 113 Å². The van der Waals surface area contributed by atoms with E-state index in [-0.39, 0.29) is 18.4 Å². The number of aliphatic hydroxyl groups excluding tert-OH is 2. The first-order chi connectivity index (χ1) is 9.52. The molecule has 10 nitrogen and oxygen atoms in total. The molecule has 1 fully saturated rings. The van der Waals surface area contributed by atoms with Crippen LogP contribution < -0.4 is 17.2 Å². The van der Waals surface area contributed by atoms with Gasteiger partial charge in [-0.15, -0.1) is 0 Å². The van der Waals surface area contributed by atoms with E-state index in [0.29, 0.717) is 11.2 Å². The van der Waals surface area contributed by atoms with Crippen LogP contribution in [0, 0.1) is 0 Å². The fourth-order valence-electron chi connectivity index (χ4n) is 2.30. The summed E-state index contributed by atoms with van der Waals surface area (Å²) in [5.41, 5.74) is 17.7. The van der Waals surface area contributed by atoms with Gasteiger partial charge in [0.1, 0.15) is 17.7 Å². The highest BCUT2D eigenvalue weighted by Crippen LogP contribution is 2.31. The predicted molar refractivity (Wildman–Crippen MR) is 69.1 cm³/mol. The summed E-state index contributed by atoms with van der Waals surface area (Å²) in [4.78, 5) is 11.9. The quantitative estimate of drug-likeness (QED) is 0.401. The molecule has 0 unspecified atom stereocenters. The minimum Gasteiger partial charge on any atom is -0.394 e. The van der Waals surface area contributed by atoms with E-state index >= 15 is 0 Å². The lowest BCUT2D eigenvalue weighted by molar-refractivity contribution is -0.0488. The lowest BCUT2D eigenvalue weighted by Gasteiger charge is -2.16. The van der Waals surface area contributed by atoms with Crippen LogP contribution in [0.4, 0.5) is 11.8 Å². The van der Waals surface area contributed by atoms with Gasteiger partial charge in [-0.1, -0.05) is 0 Å². The highest BCUT2D eigenvalue weighted by atomic mass is 16.5. The Hall–Kier alpha value is -2.01. The van der Waals surface area contributed by atoms with Crippen molar-refractivity contribution < 1.29 is 14.9 Å². The Balaban J connectivity index is 2.07. The lowest BCUT2D eigenvalue weighted by atomic mass is 10.1. The van der Waals surface area contributed by atoms with Crippen molar-refractivity contribution in [1.29, 1.82) is 0 Å². The normalized spacial score (nSPS) is 30.1. The maximum Gasteiger partial charge on any atom is 0.224 e. The Morgan fingerprint density at radius 3 is 2.75 bits per heavy atom. The summed E-state index contributed by atoms with van der Waals surface area (Å²) >= 11 is 0. The molecule has 2 aromatic heterocycles. The van der Waals surface area contributed by atoms with Crippen LogP contribution in [0.3, 0.4) is 0 Å². The van der Waals surface area contributed by atoms with Crippen LogP contribution in [0.15, 0.2) is 6.33 Å². The number of ether oxygens (including phenoxy) is 1. The molecule has 4 atom stereocenters. The van der Waals surface area contributed by atoms with Crippen LogP contribution in [-0.2, 0) is 4.74 Å². The first-order valence-corrected chi connectivity index (χ1v) is 5.98. The first-order valence-electron chi connectivity index (χ1n) is 5.98. The molecule has 108 valence electrons. The summed E-state index contributed by atoms with van der Waals surface area (Å²) in [5.74, 6) is 0.133. The van der Waals surface area contributed by atoms with Gasteiger partial charge in [0.15, 0.2) is 17.7 Å². The number of aromatic nitrogens is 4. The second-order valence-electron chi connectivity index (χ2n) is 4.61. The van der Waals surface area contributed by atoms with E-state index in [1.54, 1.807) is 0 Å². The Morgan fingerprint density at radius 1 is 1.35 bits per heavy atom. The smallest absolute Gasteiger partial charge is 0.224 e. The highest BCUT2D eigenvalue weighted by molar-refractivity contribution is 5.82. The second kappa shape index (κ2) is 4.52. The number of nitrogens with zero attached hydrogens (tertiary/aromatic N) is 4. The molecule has 0 aromatic carbocycles. The van der Waals surface area contributed by atoms with Crippen LogP contribution >= 0.6 is 0 Å². The molecular weight excluding hydrogens is 266 g/mol. The van der Waals surface area contributed by atoms with Gasteiger partial charge in [-0.05, 0) is 0 Å². The molecule has 3 rings (SSSR count). The Bertz CT molecular complexity index is 645. The number of imidazole rings is 1. The molecule has 8 N–H and O–H groups in total. The summed E-state index contributed by atoms with van der Waals surface area (Å²) in [6.45, 7) is -0.291. The molecule has 0 bridgehead atoms. The number of fused-ring (bicyclic) bond motifs is 1. The number of aliphatic hydroxyl groups is 2. The van der Waals surface area contributed by atoms with Crippen molar-refractivity contribution in [3.63, 3.8) is 0 Å². The maximum absolute atomic E-state index is 10.1. The van der Waals surface area contributed by atoms with Gasteiger partial charge in [0.2, 0.25) is 5.95 Å². The summed E-state index contributed by atoms with van der Waals surface area (Å²) in [6, 6.07) is -0.709. The number of anilines is 2. The Kier molecular flexibility index (Phi) is 2.94. The van der Waals surface area contributed by atoms with Crippen molar-refractivity contribution in [3.05, 3.63) is 6.33 Å². The van der Waals surface area contributed by atoms with Gasteiger partial charge < -0.3 is 32.2 Å². The summed E-state index contributed by atoms with van der Waals surface area (Å²) in [5, 5.41) is 19.3. The molecule has 2 aromatic rings. The maximum atomic E-state index is 10.1. The van der Waals surface area contributed by atoms with Crippen molar-refractivity contribution in [2.24, 2.45) is 5.73 Å². The number of hydrogen-bond acceptors (Lipinski definition) is 9. The van der Waals surface area contributed by atoms with Gasteiger partial charge in [-0.2, -0.15) is 9.97 Å². The Morgan fingerprint density at radius 2 is 2.10 bits per heavy atom. The third kappa shape index (κ3) is 1.78. The number of nitrogens with two attached hydrogens (primary N) is 3. The van der Waals surface area contributed by atoms with Crippen LogP contribution in [0.5, 0.6) is 0 Å². The molecule has 20 heavy (non-hydrogen) atoms. The van der Waals surface area contributed by atoms with Crippen molar-refractivity contribution in [3.8, 4) is 0 Å². The van der Waals surface area contributed by atoms with Crippen molar-refractivity contribution in [2.75, 3.05) is 18.1 Å². The van der Waals surface area contributed by atoms with Gasteiger partial charge in [-0.3, -0.25) is 4.57 Å². The molecule has 0 amide bonds. The van der Waals surface area contributed by atoms with Gasteiger partial charge in [0.25, 0.3) is 0 Å². The van der Waals surface area contributed by atoms with E-state index in [0.717, 1.165) is 0 Å². The van der Waals surface area contributed by atoms with Gasteiger partial charge >= 0.3 is 0 Å². The average Bonchev–Trinajstić information content (AvgIpc) is 2.93. The van der Waals surface area contributed by atoms with Crippen LogP contribution in [0.2, 0.25) is 0 Å².